The van der Waals surface area contributed by atoms with Crippen LogP contribution in [0.25, 0.3) is 22.4 Å². The lowest BCUT2D eigenvalue weighted by molar-refractivity contribution is -0.116. The van der Waals surface area contributed by atoms with Crippen molar-refractivity contribution in [2.75, 3.05) is 5.32 Å². The van der Waals surface area contributed by atoms with E-state index < -0.39 is 0 Å². The Balaban J connectivity index is 1.38. The molecule has 28 heavy (non-hydrogen) atoms. The summed E-state index contributed by atoms with van der Waals surface area (Å²) < 4.78 is 7.28. The Hall–Kier alpha value is -3.19. The molecule has 2 aromatic carbocycles. The average molecular weight is 396 g/mol. The van der Waals surface area contributed by atoms with E-state index in [0.717, 1.165) is 17.6 Å². The smallest absolute Gasteiger partial charge is 0.227 e. The molecule has 4 aromatic rings. The second kappa shape index (κ2) is 7.82. The van der Waals surface area contributed by atoms with E-state index in [4.69, 9.17) is 16.1 Å². The normalized spacial score (nSPS) is 11.1. The molecule has 0 aliphatic carbocycles. The maximum absolute atomic E-state index is 12.3. The van der Waals surface area contributed by atoms with Crippen LogP contribution >= 0.6 is 11.6 Å². The molecule has 0 radical (unpaired) electrons. The Morgan fingerprint density at radius 3 is 2.93 bits per heavy atom. The van der Waals surface area contributed by atoms with Gasteiger partial charge in [0.1, 0.15) is 0 Å². The number of nitrogens with zero attached hydrogens (tertiary/aromatic N) is 4. The minimum Gasteiger partial charge on any atom is -0.339 e. The zero-order chi connectivity index (χ0) is 19.5. The van der Waals surface area contributed by atoms with Crippen molar-refractivity contribution in [3.8, 4) is 11.4 Å². The van der Waals surface area contributed by atoms with Crippen LogP contribution in [0.5, 0.6) is 0 Å². The molecule has 1 amide bonds. The summed E-state index contributed by atoms with van der Waals surface area (Å²) in [6.45, 7) is 2.91. The van der Waals surface area contributed by atoms with Crippen LogP contribution in [-0.2, 0) is 17.8 Å². The first-order valence-corrected chi connectivity index (χ1v) is 9.34. The number of hydrogen-bond acceptors (Lipinski definition) is 5. The third-order valence-electron chi connectivity index (χ3n) is 4.39. The van der Waals surface area contributed by atoms with Gasteiger partial charge in [0.2, 0.25) is 17.6 Å². The molecule has 0 atom stereocenters. The first-order chi connectivity index (χ1) is 13.6. The number of fused-ring (bicyclic) bond motifs is 1. The van der Waals surface area contributed by atoms with Crippen LogP contribution < -0.4 is 5.32 Å². The van der Waals surface area contributed by atoms with Crippen molar-refractivity contribution in [1.29, 1.82) is 0 Å². The lowest BCUT2D eigenvalue weighted by Gasteiger charge is -2.05. The van der Waals surface area contributed by atoms with Crippen molar-refractivity contribution in [2.24, 2.45) is 0 Å². The summed E-state index contributed by atoms with van der Waals surface area (Å²) in [6, 6.07) is 13.0. The summed E-state index contributed by atoms with van der Waals surface area (Å²) in [6.07, 6.45) is 2.37. The van der Waals surface area contributed by atoms with Gasteiger partial charge in [0.15, 0.2) is 0 Å². The van der Waals surface area contributed by atoms with Gasteiger partial charge in [0.05, 0.1) is 22.4 Å². The van der Waals surface area contributed by atoms with Gasteiger partial charge in [-0.05, 0) is 37.3 Å². The van der Waals surface area contributed by atoms with Crippen LogP contribution in [0.2, 0.25) is 5.02 Å². The quantitative estimate of drug-likeness (QED) is 0.525. The van der Waals surface area contributed by atoms with E-state index >= 15 is 0 Å². The van der Waals surface area contributed by atoms with Crippen LogP contribution in [0.15, 0.2) is 53.3 Å². The second-order valence-electron chi connectivity index (χ2n) is 6.27. The molecule has 0 aliphatic heterocycles. The van der Waals surface area contributed by atoms with Gasteiger partial charge in [0.25, 0.3) is 0 Å². The number of rotatable bonds is 6. The number of imidazole rings is 1. The van der Waals surface area contributed by atoms with Gasteiger partial charge in [-0.2, -0.15) is 4.98 Å². The molecular weight excluding hydrogens is 378 g/mol. The SMILES string of the molecule is CCn1cnc2cc(NC(=O)CCc3nc(-c4ccccc4Cl)no3)ccc21. The first-order valence-electron chi connectivity index (χ1n) is 8.96. The number of halogens is 1. The molecule has 7 nitrogen and oxygen atoms in total. The molecule has 0 unspecified atom stereocenters. The summed E-state index contributed by atoms with van der Waals surface area (Å²) in [5.41, 5.74) is 3.30. The number of hydrogen-bond donors (Lipinski definition) is 1. The van der Waals surface area contributed by atoms with Crippen LogP contribution in [0.1, 0.15) is 19.2 Å². The van der Waals surface area contributed by atoms with Crippen molar-refractivity contribution in [2.45, 2.75) is 26.3 Å². The predicted molar refractivity (Wildman–Crippen MR) is 107 cm³/mol. The number of amides is 1. The molecule has 1 N–H and O–H groups in total. The van der Waals surface area contributed by atoms with Crippen molar-refractivity contribution >= 4 is 34.2 Å². The van der Waals surface area contributed by atoms with E-state index in [1.54, 1.807) is 12.4 Å². The fourth-order valence-electron chi connectivity index (χ4n) is 2.95. The molecule has 0 aliphatic rings. The molecule has 2 heterocycles. The minimum absolute atomic E-state index is 0.133. The number of benzene rings is 2. The van der Waals surface area contributed by atoms with Crippen molar-refractivity contribution in [1.82, 2.24) is 19.7 Å². The Labute approximate surface area is 166 Å². The zero-order valence-electron chi connectivity index (χ0n) is 15.2. The Kier molecular flexibility index (Phi) is 5.08. The number of aromatic nitrogens is 4. The Bertz CT molecular complexity index is 1130. The lowest BCUT2D eigenvalue weighted by Crippen LogP contribution is -2.12. The van der Waals surface area contributed by atoms with Gasteiger partial charge in [-0.3, -0.25) is 4.79 Å². The summed E-state index contributed by atoms with van der Waals surface area (Å²) in [5, 5.41) is 7.37. The molecule has 0 spiro atoms. The van der Waals surface area contributed by atoms with Gasteiger partial charge < -0.3 is 14.4 Å². The van der Waals surface area contributed by atoms with Gasteiger partial charge in [-0.25, -0.2) is 4.98 Å². The minimum atomic E-state index is -0.133. The molecule has 0 saturated heterocycles. The monoisotopic (exact) mass is 395 g/mol. The number of carbonyl (C=O) groups excluding carboxylic acids is 1. The third kappa shape index (κ3) is 3.75. The highest BCUT2D eigenvalue weighted by atomic mass is 35.5. The summed E-state index contributed by atoms with van der Waals surface area (Å²) >= 11 is 6.15. The Morgan fingerprint density at radius 2 is 2.11 bits per heavy atom. The van der Waals surface area contributed by atoms with Gasteiger partial charge in [-0.15, -0.1) is 0 Å². The van der Waals surface area contributed by atoms with Crippen LogP contribution in [0.3, 0.4) is 0 Å². The fourth-order valence-corrected chi connectivity index (χ4v) is 3.17. The molecule has 0 bridgehead atoms. The summed E-state index contributed by atoms with van der Waals surface area (Å²) in [7, 11) is 0. The van der Waals surface area contributed by atoms with E-state index in [-0.39, 0.29) is 12.3 Å². The van der Waals surface area contributed by atoms with Crippen LogP contribution in [-0.4, -0.2) is 25.6 Å². The van der Waals surface area contributed by atoms with E-state index in [9.17, 15) is 4.79 Å². The molecule has 0 fully saturated rings. The van der Waals surface area contributed by atoms with Crippen molar-refractivity contribution in [3.63, 3.8) is 0 Å². The standard InChI is InChI=1S/C20H18ClN5O2/c1-2-26-12-22-16-11-13(7-8-17(16)26)23-18(27)9-10-19-24-20(25-28-19)14-5-3-4-6-15(14)21/h3-8,11-12H,2,9-10H2,1H3,(H,23,27). The van der Waals surface area contributed by atoms with Crippen LogP contribution in [0, 0.1) is 0 Å². The van der Waals surface area contributed by atoms with Gasteiger partial charge in [-0.1, -0.05) is 28.9 Å². The summed E-state index contributed by atoms with van der Waals surface area (Å²) in [4.78, 5) is 20.9. The summed E-state index contributed by atoms with van der Waals surface area (Å²) in [5.74, 6) is 0.673. The predicted octanol–water partition coefficient (Wildman–Crippen LogP) is 4.33. The fraction of sp³-hybridized carbons (Fsp3) is 0.200. The average Bonchev–Trinajstić information content (AvgIpc) is 3.33. The third-order valence-corrected chi connectivity index (χ3v) is 4.72. The van der Waals surface area contributed by atoms with E-state index in [0.29, 0.717) is 34.4 Å². The van der Waals surface area contributed by atoms with E-state index in [2.05, 4.69) is 27.4 Å². The van der Waals surface area contributed by atoms with Crippen molar-refractivity contribution in [3.05, 3.63) is 59.7 Å². The highest BCUT2D eigenvalue weighted by molar-refractivity contribution is 6.33. The zero-order valence-corrected chi connectivity index (χ0v) is 16.0. The molecular formula is C20H18ClN5O2. The first kappa shape index (κ1) is 18.2. The molecule has 2 aromatic heterocycles. The van der Waals surface area contributed by atoms with Gasteiger partial charge in [0, 0.05) is 30.6 Å². The van der Waals surface area contributed by atoms with E-state index in [1.807, 2.05) is 41.0 Å². The number of anilines is 1. The second-order valence-corrected chi connectivity index (χ2v) is 6.68. The maximum atomic E-state index is 12.3. The number of carbonyl (C=O) groups is 1. The molecule has 8 heteroatoms. The van der Waals surface area contributed by atoms with Gasteiger partial charge >= 0.3 is 0 Å². The molecule has 0 saturated carbocycles. The number of aryl methyl sites for hydroxylation is 2. The van der Waals surface area contributed by atoms with Crippen molar-refractivity contribution < 1.29 is 9.32 Å². The topological polar surface area (TPSA) is 85.8 Å². The highest BCUT2D eigenvalue weighted by Crippen LogP contribution is 2.25. The highest BCUT2D eigenvalue weighted by Gasteiger charge is 2.13. The lowest BCUT2D eigenvalue weighted by atomic mass is 10.2. The Morgan fingerprint density at radius 1 is 1.25 bits per heavy atom. The van der Waals surface area contributed by atoms with Crippen LogP contribution in [0.4, 0.5) is 5.69 Å². The largest absolute Gasteiger partial charge is 0.339 e. The molecule has 4 rings (SSSR count). The van der Waals surface area contributed by atoms with E-state index in [1.165, 1.54) is 0 Å². The molecule has 142 valence electrons. The maximum Gasteiger partial charge on any atom is 0.227 e. The number of nitrogens with one attached hydrogen (secondary N) is 1.